The highest BCUT2D eigenvalue weighted by Gasteiger charge is 2.10. The van der Waals surface area contributed by atoms with E-state index < -0.39 is 7.32 Å². The number of benzene rings is 1. The minimum Gasteiger partial charge on any atom is -0.512 e. The molecule has 0 unspecified atom stereocenters. The van der Waals surface area contributed by atoms with Gasteiger partial charge in [-0.25, -0.2) is 0 Å². The van der Waals surface area contributed by atoms with Crippen LogP contribution in [0.5, 0.6) is 5.75 Å². The van der Waals surface area contributed by atoms with E-state index >= 15 is 0 Å². The zero-order valence-electron chi connectivity index (χ0n) is 25.8. The summed E-state index contributed by atoms with van der Waals surface area (Å²) in [5.74, 6) is 0.450. The number of nitrogens with zero attached hydrogens (tertiary/aromatic N) is 2. The highest BCUT2D eigenvalue weighted by atomic mass is 16.6. The van der Waals surface area contributed by atoms with Gasteiger partial charge in [-0.1, -0.05) is 97.8 Å². The Morgan fingerprint density at radius 1 is 0.541 bits per heavy atom. The Labute approximate surface area is 232 Å². The molecule has 37 heavy (non-hydrogen) atoms. The Morgan fingerprint density at radius 2 is 0.811 bits per heavy atom. The van der Waals surface area contributed by atoms with Gasteiger partial charge in [-0.3, -0.25) is 0 Å². The topological polar surface area (TPSA) is 56.2 Å². The van der Waals surface area contributed by atoms with Gasteiger partial charge in [0, 0.05) is 0 Å². The lowest BCUT2D eigenvalue weighted by Crippen LogP contribution is -2.27. The number of unbranched alkanes of at least 4 members (excludes halogenated alkanes) is 6. The molecule has 0 aliphatic rings. The van der Waals surface area contributed by atoms with E-state index in [1.54, 1.807) is 12.1 Å². The lowest BCUT2D eigenvalue weighted by atomic mass is 10.2. The van der Waals surface area contributed by atoms with Crippen molar-refractivity contribution in [3.05, 3.63) is 29.8 Å². The second-order valence-electron chi connectivity index (χ2n) is 10.1. The lowest BCUT2D eigenvalue weighted by Gasteiger charge is -2.21. The fourth-order valence-corrected chi connectivity index (χ4v) is 3.70. The summed E-state index contributed by atoms with van der Waals surface area (Å²) < 4.78 is 4.58. The van der Waals surface area contributed by atoms with Crippen molar-refractivity contribution < 1.29 is 14.7 Å². The molecule has 0 spiro atoms. The van der Waals surface area contributed by atoms with Crippen LogP contribution in [0.25, 0.3) is 0 Å². The van der Waals surface area contributed by atoms with Crippen LogP contribution in [0, 0.1) is 6.92 Å². The molecule has 0 radical (unpaired) electrons. The molecule has 0 aliphatic heterocycles. The maximum atomic E-state index is 8.41. The third-order valence-corrected chi connectivity index (χ3v) is 6.23. The van der Waals surface area contributed by atoms with Crippen LogP contribution in [0.2, 0.25) is 0 Å². The van der Waals surface area contributed by atoms with Crippen molar-refractivity contribution in [2.45, 2.75) is 126 Å². The zero-order valence-corrected chi connectivity index (χ0v) is 25.8. The summed E-state index contributed by atoms with van der Waals surface area (Å²) in [4.78, 5) is 5.27. The monoisotopic (exact) mass is 522 g/mol. The van der Waals surface area contributed by atoms with E-state index in [1.165, 1.54) is 116 Å². The molecule has 0 fully saturated rings. The molecule has 0 heterocycles. The summed E-state index contributed by atoms with van der Waals surface area (Å²) in [7, 11) is -1.74. The summed E-state index contributed by atoms with van der Waals surface area (Å²) in [5.41, 5.74) is 1.10. The van der Waals surface area contributed by atoms with Gasteiger partial charge < -0.3 is 24.5 Å². The first-order valence-electron chi connectivity index (χ1n) is 15.4. The van der Waals surface area contributed by atoms with Gasteiger partial charge in [-0.2, -0.15) is 0 Å². The van der Waals surface area contributed by atoms with Crippen LogP contribution in [0.4, 0.5) is 0 Å². The summed E-state index contributed by atoms with van der Waals surface area (Å²) in [6, 6.07) is 7.01. The molecule has 0 aliphatic carbocycles. The third-order valence-electron chi connectivity index (χ3n) is 6.23. The van der Waals surface area contributed by atoms with Gasteiger partial charge in [-0.05, 0) is 96.8 Å². The highest BCUT2D eigenvalue weighted by Crippen LogP contribution is 2.11. The molecule has 6 heteroatoms. The normalized spacial score (nSPS) is 10.6. The Bertz CT molecular complexity index is 496. The second kappa shape index (κ2) is 29.5. The minimum absolute atomic E-state index is 0.450. The summed E-state index contributed by atoms with van der Waals surface area (Å²) in [6.45, 7) is 23.5. The van der Waals surface area contributed by atoms with E-state index in [1.807, 2.05) is 19.1 Å². The smallest absolute Gasteiger partial charge is 0.512 e. The van der Waals surface area contributed by atoms with Gasteiger partial charge >= 0.3 is 7.32 Å². The van der Waals surface area contributed by atoms with Crippen LogP contribution in [0.1, 0.15) is 124 Å². The average molecular weight is 523 g/mol. The predicted molar refractivity (Wildman–Crippen MR) is 164 cm³/mol. The molecular weight excluding hydrogens is 459 g/mol. The zero-order chi connectivity index (χ0) is 28.2. The summed E-state index contributed by atoms with van der Waals surface area (Å²) >= 11 is 0. The molecule has 0 saturated heterocycles. The van der Waals surface area contributed by atoms with Gasteiger partial charge in [0.1, 0.15) is 5.75 Å². The number of hydrogen-bond acceptors (Lipinski definition) is 5. The quantitative estimate of drug-likeness (QED) is 0.172. The van der Waals surface area contributed by atoms with E-state index in [-0.39, 0.29) is 0 Å². The maximum absolute atomic E-state index is 8.41. The largest absolute Gasteiger partial charge is 0.707 e. The molecule has 218 valence electrons. The van der Waals surface area contributed by atoms with E-state index in [0.717, 1.165) is 5.56 Å². The second-order valence-corrected chi connectivity index (χ2v) is 10.1. The van der Waals surface area contributed by atoms with Crippen molar-refractivity contribution in [1.29, 1.82) is 0 Å². The van der Waals surface area contributed by atoms with Gasteiger partial charge in [0.2, 0.25) is 0 Å². The first-order valence-corrected chi connectivity index (χ1v) is 15.4. The summed E-state index contributed by atoms with van der Waals surface area (Å²) in [5, 5.41) is 16.8. The molecule has 0 bridgehead atoms. The number of rotatable bonds is 20. The Kier molecular flexibility index (Phi) is 30.3. The molecule has 5 nitrogen and oxygen atoms in total. The van der Waals surface area contributed by atoms with E-state index in [4.69, 9.17) is 10.0 Å². The standard InChI is InChI=1S/2C12H27N.C7H9BO3/c2*1-4-7-10-13(11-8-5-2)12-9-6-3;1-6-2-4-7(5-3-6)11-8(9)10/h2*4-12H2,1-3H3;2-5,9-10H,1H3. The molecule has 1 aromatic carbocycles. The maximum Gasteiger partial charge on any atom is 0.707 e. The van der Waals surface area contributed by atoms with E-state index in [0.29, 0.717) is 5.75 Å². The molecular formula is C31H63BN2O3. The Balaban J connectivity index is 0. The van der Waals surface area contributed by atoms with Gasteiger partial charge in [0.05, 0.1) is 0 Å². The average Bonchev–Trinajstić information content (AvgIpc) is 2.89. The van der Waals surface area contributed by atoms with Crippen LogP contribution >= 0.6 is 0 Å². The molecule has 1 aromatic rings. The van der Waals surface area contributed by atoms with E-state index in [2.05, 4.69) is 56.0 Å². The van der Waals surface area contributed by atoms with Crippen LogP contribution in [-0.2, 0) is 0 Å². The fraction of sp³-hybridized carbons (Fsp3) is 0.806. The molecule has 0 aromatic heterocycles. The molecule has 0 amide bonds. The van der Waals surface area contributed by atoms with Crippen molar-refractivity contribution in [1.82, 2.24) is 9.80 Å². The van der Waals surface area contributed by atoms with Crippen molar-refractivity contribution in [3.8, 4) is 5.75 Å². The predicted octanol–water partition coefficient (Wildman–Crippen LogP) is 7.72. The highest BCUT2D eigenvalue weighted by molar-refractivity contribution is 6.33. The summed E-state index contributed by atoms with van der Waals surface area (Å²) in [6.07, 6.45) is 16.2. The van der Waals surface area contributed by atoms with Crippen LogP contribution in [-0.4, -0.2) is 66.4 Å². The first-order chi connectivity index (χ1) is 17.9. The fourth-order valence-electron chi connectivity index (χ4n) is 3.70. The van der Waals surface area contributed by atoms with Crippen LogP contribution in [0.3, 0.4) is 0 Å². The molecule has 2 N–H and O–H groups in total. The van der Waals surface area contributed by atoms with Crippen molar-refractivity contribution in [2.24, 2.45) is 0 Å². The van der Waals surface area contributed by atoms with Crippen molar-refractivity contribution in [2.75, 3.05) is 39.3 Å². The van der Waals surface area contributed by atoms with Crippen molar-refractivity contribution in [3.63, 3.8) is 0 Å². The minimum atomic E-state index is -1.74. The van der Waals surface area contributed by atoms with Crippen LogP contribution < -0.4 is 4.65 Å². The first kappa shape index (κ1) is 38.1. The molecule has 1 rings (SSSR count). The van der Waals surface area contributed by atoms with Crippen molar-refractivity contribution >= 4 is 7.32 Å². The third kappa shape index (κ3) is 27.8. The van der Waals surface area contributed by atoms with Gasteiger partial charge in [0.15, 0.2) is 0 Å². The Morgan fingerprint density at radius 3 is 1.03 bits per heavy atom. The number of hydrogen-bond donors (Lipinski definition) is 2. The van der Waals surface area contributed by atoms with Gasteiger partial charge in [-0.15, -0.1) is 0 Å². The van der Waals surface area contributed by atoms with Gasteiger partial charge in [0.25, 0.3) is 0 Å². The van der Waals surface area contributed by atoms with E-state index in [9.17, 15) is 0 Å². The SMILES string of the molecule is CCCCN(CCCC)CCCC.CCCCN(CCCC)CCCC.Cc1ccc(OB(O)O)cc1. The Hall–Kier alpha value is -1.08. The molecule has 0 saturated carbocycles. The lowest BCUT2D eigenvalue weighted by molar-refractivity contribution is 0.261. The number of aryl methyl sites for hydroxylation is 1. The molecule has 0 atom stereocenters. The van der Waals surface area contributed by atoms with Crippen LogP contribution in [0.15, 0.2) is 24.3 Å².